The van der Waals surface area contributed by atoms with Gasteiger partial charge in [-0.1, -0.05) is 5.16 Å². The first kappa shape index (κ1) is 14.6. The highest BCUT2D eigenvalue weighted by Gasteiger charge is 2.10. The van der Waals surface area contributed by atoms with Crippen LogP contribution in [0.3, 0.4) is 0 Å². The maximum absolute atomic E-state index is 10.5. The van der Waals surface area contributed by atoms with E-state index in [0.717, 1.165) is 6.42 Å². The largest absolute Gasteiger partial charge is 0.476 e. The SMILES string of the molecule is COCCCOCCOCc1cc(C(=O)O)no1. The van der Waals surface area contributed by atoms with E-state index in [9.17, 15) is 4.79 Å². The van der Waals surface area contributed by atoms with Crippen LogP contribution in [0.1, 0.15) is 22.7 Å². The van der Waals surface area contributed by atoms with E-state index in [2.05, 4.69) is 5.16 Å². The molecule has 0 amide bonds. The third-order valence-corrected chi connectivity index (χ3v) is 2.03. The van der Waals surface area contributed by atoms with E-state index < -0.39 is 5.97 Å². The lowest BCUT2D eigenvalue weighted by atomic mass is 10.4. The van der Waals surface area contributed by atoms with Crippen molar-refractivity contribution >= 4 is 5.97 Å². The second-order valence-corrected chi connectivity index (χ2v) is 3.49. The van der Waals surface area contributed by atoms with Gasteiger partial charge in [-0.25, -0.2) is 4.79 Å². The number of carboxylic acids is 1. The molecule has 0 bridgehead atoms. The Bertz CT molecular complexity index is 351. The van der Waals surface area contributed by atoms with Crippen molar-refractivity contribution in [2.24, 2.45) is 0 Å². The molecule has 0 aliphatic carbocycles. The van der Waals surface area contributed by atoms with Crippen LogP contribution in [0.25, 0.3) is 0 Å². The van der Waals surface area contributed by atoms with E-state index in [1.807, 2.05) is 0 Å². The molecule has 7 heteroatoms. The van der Waals surface area contributed by atoms with Gasteiger partial charge in [-0.15, -0.1) is 0 Å². The molecule has 0 unspecified atom stereocenters. The van der Waals surface area contributed by atoms with Crippen molar-refractivity contribution in [1.82, 2.24) is 5.16 Å². The lowest BCUT2D eigenvalue weighted by molar-refractivity contribution is 0.0272. The molecule has 1 aromatic rings. The number of aromatic carboxylic acids is 1. The lowest BCUT2D eigenvalue weighted by Gasteiger charge is -2.03. The number of hydrogen-bond donors (Lipinski definition) is 1. The third-order valence-electron chi connectivity index (χ3n) is 2.03. The molecule has 1 aromatic heterocycles. The standard InChI is InChI=1S/C11H17NO6/c1-15-3-2-4-16-5-6-17-8-9-7-10(11(13)14)12-18-9/h7H,2-6,8H2,1H3,(H,13,14). The predicted molar refractivity (Wildman–Crippen MR) is 60.4 cm³/mol. The minimum atomic E-state index is -1.12. The van der Waals surface area contributed by atoms with Crippen LogP contribution in [0.5, 0.6) is 0 Å². The van der Waals surface area contributed by atoms with Gasteiger partial charge >= 0.3 is 5.97 Å². The predicted octanol–water partition coefficient (Wildman–Crippen LogP) is 0.942. The summed E-state index contributed by atoms with van der Waals surface area (Å²) >= 11 is 0. The zero-order valence-corrected chi connectivity index (χ0v) is 10.3. The smallest absolute Gasteiger partial charge is 0.358 e. The van der Waals surface area contributed by atoms with Crippen molar-refractivity contribution in [2.45, 2.75) is 13.0 Å². The first-order valence-corrected chi connectivity index (χ1v) is 5.57. The monoisotopic (exact) mass is 259 g/mol. The van der Waals surface area contributed by atoms with E-state index in [0.29, 0.717) is 32.2 Å². The first-order chi connectivity index (χ1) is 8.74. The zero-order valence-electron chi connectivity index (χ0n) is 10.3. The van der Waals surface area contributed by atoms with Crippen molar-refractivity contribution in [3.63, 3.8) is 0 Å². The number of rotatable bonds is 10. The molecular weight excluding hydrogens is 242 g/mol. The van der Waals surface area contributed by atoms with E-state index in [1.54, 1.807) is 7.11 Å². The molecule has 1 heterocycles. The van der Waals surface area contributed by atoms with E-state index >= 15 is 0 Å². The van der Waals surface area contributed by atoms with Crippen LogP contribution in [0.2, 0.25) is 0 Å². The van der Waals surface area contributed by atoms with Gasteiger partial charge in [0.15, 0.2) is 11.5 Å². The number of carbonyl (C=O) groups is 1. The van der Waals surface area contributed by atoms with Crippen LogP contribution in [-0.4, -0.2) is 49.8 Å². The summed E-state index contributed by atoms with van der Waals surface area (Å²) in [4.78, 5) is 10.5. The molecule has 0 aromatic carbocycles. The Hall–Kier alpha value is -1.44. The van der Waals surface area contributed by atoms with Crippen LogP contribution in [0.15, 0.2) is 10.6 Å². The summed E-state index contributed by atoms with van der Waals surface area (Å²) in [5, 5.41) is 12.0. The fourth-order valence-corrected chi connectivity index (χ4v) is 1.18. The van der Waals surface area contributed by atoms with Gasteiger partial charge in [0.2, 0.25) is 0 Å². The minimum absolute atomic E-state index is 0.121. The molecule has 0 radical (unpaired) electrons. The number of ether oxygens (including phenoxy) is 3. The van der Waals surface area contributed by atoms with E-state index in [4.69, 9.17) is 23.8 Å². The average Bonchev–Trinajstić information content (AvgIpc) is 2.81. The Labute approximate surface area is 105 Å². The average molecular weight is 259 g/mol. The van der Waals surface area contributed by atoms with Crippen molar-refractivity contribution in [1.29, 1.82) is 0 Å². The van der Waals surface area contributed by atoms with Gasteiger partial charge in [0, 0.05) is 26.4 Å². The fourth-order valence-electron chi connectivity index (χ4n) is 1.18. The molecule has 0 saturated heterocycles. The summed E-state index contributed by atoms with van der Waals surface area (Å²) in [5.41, 5.74) is -0.121. The summed E-state index contributed by atoms with van der Waals surface area (Å²) in [6.45, 7) is 2.38. The minimum Gasteiger partial charge on any atom is -0.476 e. The molecule has 18 heavy (non-hydrogen) atoms. The summed E-state index contributed by atoms with van der Waals surface area (Å²) in [7, 11) is 1.64. The maximum Gasteiger partial charge on any atom is 0.358 e. The highest BCUT2D eigenvalue weighted by Crippen LogP contribution is 2.04. The van der Waals surface area contributed by atoms with Gasteiger partial charge in [-0.3, -0.25) is 0 Å². The highest BCUT2D eigenvalue weighted by molar-refractivity contribution is 5.85. The topological polar surface area (TPSA) is 91.0 Å². The Morgan fingerprint density at radius 3 is 2.78 bits per heavy atom. The molecule has 7 nitrogen and oxygen atoms in total. The van der Waals surface area contributed by atoms with Crippen molar-refractivity contribution in [3.8, 4) is 0 Å². The fraction of sp³-hybridized carbons (Fsp3) is 0.636. The molecule has 1 N–H and O–H groups in total. The molecule has 0 aliphatic heterocycles. The summed E-state index contributed by atoms with van der Waals surface area (Å²) < 4.78 is 20.2. The molecule has 0 aliphatic rings. The van der Waals surface area contributed by atoms with Gasteiger partial charge < -0.3 is 23.8 Å². The van der Waals surface area contributed by atoms with Gasteiger partial charge in [0.1, 0.15) is 6.61 Å². The number of nitrogens with zero attached hydrogens (tertiary/aromatic N) is 1. The number of hydrogen-bond acceptors (Lipinski definition) is 6. The molecule has 0 atom stereocenters. The van der Waals surface area contributed by atoms with Gasteiger partial charge in [-0.2, -0.15) is 0 Å². The highest BCUT2D eigenvalue weighted by atomic mass is 16.5. The Morgan fingerprint density at radius 1 is 1.33 bits per heavy atom. The summed E-state index contributed by atoms with van der Waals surface area (Å²) in [5.74, 6) is -0.738. The van der Waals surface area contributed by atoms with Gasteiger partial charge in [0.05, 0.1) is 13.2 Å². The molecular formula is C11H17NO6. The van der Waals surface area contributed by atoms with Crippen LogP contribution in [-0.2, 0) is 20.8 Å². The second kappa shape index (κ2) is 8.62. The Kier molecular flexibility index (Phi) is 7.00. The molecule has 0 saturated carbocycles. The van der Waals surface area contributed by atoms with Crippen molar-refractivity contribution in [2.75, 3.05) is 33.5 Å². The van der Waals surface area contributed by atoms with Crippen LogP contribution in [0, 0.1) is 0 Å². The molecule has 0 fully saturated rings. The molecule has 0 spiro atoms. The zero-order chi connectivity index (χ0) is 13.2. The second-order valence-electron chi connectivity index (χ2n) is 3.49. The maximum atomic E-state index is 10.5. The Morgan fingerprint density at radius 2 is 2.11 bits per heavy atom. The van der Waals surface area contributed by atoms with E-state index in [1.165, 1.54) is 6.07 Å². The Balaban J connectivity index is 2.02. The summed E-state index contributed by atoms with van der Waals surface area (Å²) in [6.07, 6.45) is 0.848. The van der Waals surface area contributed by atoms with Crippen LogP contribution < -0.4 is 0 Å². The molecule has 102 valence electrons. The van der Waals surface area contributed by atoms with Gasteiger partial charge in [0.25, 0.3) is 0 Å². The van der Waals surface area contributed by atoms with E-state index in [-0.39, 0.29) is 12.3 Å². The third kappa shape index (κ3) is 5.76. The quantitative estimate of drug-likeness (QED) is 0.625. The van der Waals surface area contributed by atoms with Crippen molar-refractivity contribution in [3.05, 3.63) is 17.5 Å². The first-order valence-electron chi connectivity index (χ1n) is 5.57. The summed E-state index contributed by atoms with van der Waals surface area (Å²) in [6, 6.07) is 1.34. The number of methoxy groups -OCH3 is 1. The van der Waals surface area contributed by atoms with Crippen molar-refractivity contribution < 1.29 is 28.6 Å². The number of carboxylic acid groups (broad SMARTS) is 1. The normalized spacial score (nSPS) is 10.7. The lowest BCUT2D eigenvalue weighted by Crippen LogP contribution is -2.06. The van der Waals surface area contributed by atoms with Crippen LogP contribution in [0.4, 0.5) is 0 Å². The number of aromatic nitrogens is 1. The molecule has 1 rings (SSSR count). The van der Waals surface area contributed by atoms with Crippen LogP contribution >= 0.6 is 0 Å². The van der Waals surface area contributed by atoms with Gasteiger partial charge in [-0.05, 0) is 6.42 Å².